The van der Waals surface area contributed by atoms with Crippen molar-refractivity contribution in [1.29, 1.82) is 0 Å². The second kappa shape index (κ2) is 5.98. The number of carbonyl (C=O) groups is 1. The quantitative estimate of drug-likeness (QED) is 0.860. The van der Waals surface area contributed by atoms with Crippen molar-refractivity contribution in [2.75, 3.05) is 0 Å². The maximum atomic E-state index is 12.0. The van der Waals surface area contributed by atoms with E-state index in [1.807, 2.05) is 48.5 Å². The van der Waals surface area contributed by atoms with Gasteiger partial charge in [-0.1, -0.05) is 68.4 Å². The molecule has 0 atom stereocenters. The number of hydrogen-bond donors (Lipinski definition) is 1. The Hall–Kier alpha value is -2.68. The van der Waals surface area contributed by atoms with Crippen molar-refractivity contribution in [3.05, 3.63) is 77.0 Å². The third-order valence-electron chi connectivity index (χ3n) is 3.65. The maximum Gasteiger partial charge on any atom is 0.275 e. The lowest BCUT2D eigenvalue weighted by molar-refractivity contribution is -0.115. The van der Waals surface area contributed by atoms with Crippen LogP contribution in [-0.2, 0) is 4.79 Å². The van der Waals surface area contributed by atoms with E-state index in [1.54, 1.807) is 0 Å². The molecule has 2 aromatic rings. The molecular weight excluding hydrogens is 272 g/mol. The van der Waals surface area contributed by atoms with E-state index in [9.17, 15) is 4.79 Å². The number of amidine groups is 1. The first-order chi connectivity index (χ1) is 10.6. The van der Waals surface area contributed by atoms with Gasteiger partial charge in [-0.15, -0.1) is 0 Å². The summed E-state index contributed by atoms with van der Waals surface area (Å²) in [6.07, 6.45) is 1.81. The highest BCUT2D eigenvalue weighted by molar-refractivity contribution is 6.19. The minimum absolute atomic E-state index is 0.160. The first kappa shape index (κ1) is 14.3. The first-order valence-electron chi connectivity index (χ1n) is 7.40. The molecule has 0 saturated carbocycles. The molecule has 3 heteroatoms. The smallest absolute Gasteiger partial charge is 0.275 e. The zero-order valence-corrected chi connectivity index (χ0v) is 12.7. The highest BCUT2D eigenvalue weighted by Crippen LogP contribution is 2.18. The van der Waals surface area contributed by atoms with Crippen LogP contribution >= 0.6 is 0 Å². The molecule has 0 radical (unpaired) electrons. The molecule has 0 unspecified atom stereocenters. The zero-order chi connectivity index (χ0) is 15.5. The lowest BCUT2D eigenvalue weighted by Crippen LogP contribution is -2.24. The van der Waals surface area contributed by atoms with Crippen LogP contribution in [0.5, 0.6) is 0 Å². The Labute approximate surface area is 130 Å². The van der Waals surface area contributed by atoms with Crippen molar-refractivity contribution >= 4 is 17.8 Å². The number of hydrogen-bond acceptors (Lipinski definition) is 2. The number of nitrogens with zero attached hydrogens (tertiary/aromatic N) is 1. The van der Waals surface area contributed by atoms with Crippen LogP contribution in [0.4, 0.5) is 0 Å². The van der Waals surface area contributed by atoms with Crippen LogP contribution in [-0.4, -0.2) is 11.7 Å². The molecule has 0 fully saturated rings. The molecule has 0 aromatic heterocycles. The molecule has 1 aliphatic rings. The van der Waals surface area contributed by atoms with E-state index in [0.717, 1.165) is 11.1 Å². The molecule has 0 bridgehead atoms. The number of amides is 1. The molecule has 0 spiro atoms. The lowest BCUT2D eigenvalue weighted by atomic mass is 10.0. The van der Waals surface area contributed by atoms with E-state index in [1.165, 1.54) is 5.56 Å². The number of aliphatic imine (C=N–C) groups is 1. The molecule has 1 N–H and O–H groups in total. The van der Waals surface area contributed by atoms with Crippen LogP contribution in [0.25, 0.3) is 6.08 Å². The summed E-state index contributed by atoms with van der Waals surface area (Å²) >= 11 is 0. The van der Waals surface area contributed by atoms with Crippen LogP contribution < -0.4 is 5.32 Å². The number of benzene rings is 2. The highest BCUT2D eigenvalue weighted by Gasteiger charge is 2.20. The Morgan fingerprint density at radius 3 is 2.32 bits per heavy atom. The average molecular weight is 290 g/mol. The van der Waals surface area contributed by atoms with Crippen LogP contribution in [0.15, 0.2) is 65.3 Å². The summed E-state index contributed by atoms with van der Waals surface area (Å²) in [5.74, 6) is 0.946. The van der Waals surface area contributed by atoms with E-state index in [2.05, 4.69) is 36.3 Å². The van der Waals surface area contributed by atoms with Gasteiger partial charge in [0.25, 0.3) is 5.91 Å². The minimum Gasteiger partial charge on any atom is -0.305 e. The standard InChI is InChI=1S/C19H18N2O/c1-13(2)15-10-8-14(9-11-15)12-17-19(22)21-18(20-17)16-6-4-3-5-7-16/h3-13H,1-2H3,(H,20,21,22)/b17-12+. The van der Waals surface area contributed by atoms with Gasteiger partial charge in [-0.05, 0) is 23.1 Å². The summed E-state index contributed by atoms with van der Waals surface area (Å²) in [6.45, 7) is 4.32. The summed E-state index contributed by atoms with van der Waals surface area (Å²) in [6, 6.07) is 17.9. The monoisotopic (exact) mass is 290 g/mol. The predicted molar refractivity (Wildman–Crippen MR) is 89.6 cm³/mol. The molecule has 22 heavy (non-hydrogen) atoms. The molecular formula is C19H18N2O. The first-order valence-corrected chi connectivity index (χ1v) is 7.40. The van der Waals surface area contributed by atoms with Crippen molar-refractivity contribution in [3.8, 4) is 0 Å². The Morgan fingerprint density at radius 2 is 1.68 bits per heavy atom. The summed E-state index contributed by atoms with van der Waals surface area (Å²) in [4.78, 5) is 16.5. The number of rotatable bonds is 3. The summed E-state index contributed by atoms with van der Waals surface area (Å²) in [7, 11) is 0. The topological polar surface area (TPSA) is 41.5 Å². The van der Waals surface area contributed by atoms with Crippen molar-refractivity contribution in [3.63, 3.8) is 0 Å². The van der Waals surface area contributed by atoms with Gasteiger partial charge in [0.1, 0.15) is 11.5 Å². The molecule has 3 nitrogen and oxygen atoms in total. The highest BCUT2D eigenvalue weighted by atomic mass is 16.2. The normalized spacial score (nSPS) is 16.0. The Morgan fingerprint density at radius 1 is 1.00 bits per heavy atom. The second-order valence-electron chi connectivity index (χ2n) is 5.63. The fourth-order valence-corrected chi connectivity index (χ4v) is 2.34. The van der Waals surface area contributed by atoms with Crippen LogP contribution in [0.2, 0.25) is 0 Å². The fraction of sp³-hybridized carbons (Fsp3) is 0.158. The van der Waals surface area contributed by atoms with E-state index in [0.29, 0.717) is 17.5 Å². The Balaban J connectivity index is 1.87. The van der Waals surface area contributed by atoms with Gasteiger partial charge < -0.3 is 5.32 Å². The second-order valence-corrected chi connectivity index (χ2v) is 5.63. The van der Waals surface area contributed by atoms with E-state index in [-0.39, 0.29) is 5.91 Å². The maximum absolute atomic E-state index is 12.0. The zero-order valence-electron chi connectivity index (χ0n) is 12.7. The SMILES string of the molecule is CC(C)c1ccc(/C=C2/N=C(c3ccccc3)NC2=O)cc1. The largest absolute Gasteiger partial charge is 0.305 e. The van der Waals surface area contributed by atoms with Gasteiger partial charge in [0.05, 0.1) is 0 Å². The lowest BCUT2D eigenvalue weighted by Gasteiger charge is -2.04. The Bertz CT molecular complexity index is 741. The van der Waals surface area contributed by atoms with Crippen molar-refractivity contribution < 1.29 is 4.79 Å². The molecule has 3 rings (SSSR count). The van der Waals surface area contributed by atoms with Gasteiger partial charge in [0.15, 0.2) is 0 Å². The van der Waals surface area contributed by atoms with Gasteiger partial charge >= 0.3 is 0 Å². The molecule has 2 aromatic carbocycles. The van der Waals surface area contributed by atoms with Crippen molar-refractivity contribution in [1.82, 2.24) is 5.32 Å². The minimum atomic E-state index is -0.160. The third-order valence-corrected chi connectivity index (χ3v) is 3.65. The van der Waals surface area contributed by atoms with Gasteiger partial charge in [-0.3, -0.25) is 4.79 Å². The van der Waals surface area contributed by atoms with E-state index in [4.69, 9.17) is 0 Å². The number of carbonyl (C=O) groups excluding carboxylic acids is 1. The average Bonchev–Trinajstić information content (AvgIpc) is 2.90. The van der Waals surface area contributed by atoms with Gasteiger partial charge in [0.2, 0.25) is 0 Å². The van der Waals surface area contributed by atoms with Gasteiger partial charge in [-0.25, -0.2) is 4.99 Å². The van der Waals surface area contributed by atoms with Crippen LogP contribution in [0, 0.1) is 0 Å². The fourth-order valence-electron chi connectivity index (χ4n) is 2.34. The molecule has 1 heterocycles. The summed E-state index contributed by atoms with van der Waals surface area (Å²) in [5, 5.41) is 2.81. The Kier molecular flexibility index (Phi) is 3.88. The van der Waals surface area contributed by atoms with Crippen molar-refractivity contribution in [2.24, 2.45) is 4.99 Å². The summed E-state index contributed by atoms with van der Waals surface area (Å²) in [5.41, 5.74) is 3.62. The third kappa shape index (κ3) is 2.98. The molecule has 0 aliphatic carbocycles. The molecule has 1 aliphatic heterocycles. The summed E-state index contributed by atoms with van der Waals surface area (Å²) < 4.78 is 0. The molecule has 0 saturated heterocycles. The van der Waals surface area contributed by atoms with Gasteiger partial charge in [0, 0.05) is 5.56 Å². The van der Waals surface area contributed by atoms with Crippen LogP contribution in [0.1, 0.15) is 36.5 Å². The van der Waals surface area contributed by atoms with Crippen molar-refractivity contribution in [2.45, 2.75) is 19.8 Å². The number of nitrogens with one attached hydrogen (secondary N) is 1. The van der Waals surface area contributed by atoms with E-state index >= 15 is 0 Å². The van der Waals surface area contributed by atoms with Crippen LogP contribution in [0.3, 0.4) is 0 Å². The predicted octanol–water partition coefficient (Wildman–Crippen LogP) is 3.73. The molecule has 1 amide bonds. The van der Waals surface area contributed by atoms with E-state index < -0.39 is 0 Å². The molecule has 110 valence electrons. The van der Waals surface area contributed by atoms with Gasteiger partial charge in [-0.2, -0.15) is 0 Å².